The molecule has 0 atom stereocenters. The lowest BCUT2D eigenvalue weighted by molar-refractivity contribution is -0.136. The maximum Gasteiger partial charge on any atom is 0.307 e. The maximum absolute atomic E-state index is 12.7. The summed E-state index contributed by atoms with van der Waals surface area (Å²) < 4.78 is 1.93. The molecule has 2 aromatic rings. The lowest BCUT2D eigenvalue weighted by Crippen LogP contribution is -2.26. The summed E-state index contributed by atoms with van der Waals surface area (Å²) in [7, 11) is 0. The molecule has 3 rings (SSSR count). The van der Waals surface area contributed by atoms with Crippen molar-refractivity contribution >= 4 is 17.6 Å². The van der Waals surface area contributed by atoms with Crippen LogP contribution in [-0.4, -0.2) is 26.8 Å². The van der Waals surface area contributed by atoms with E-state index in [4.69, 9.17) is 5.11 Å². The van der Waals surface area contributed by atoms with E-state index in [0.717, 1.165) is 18.5 Å². The van der Waals surface area contributed by atoms with Gasteiger partial charge in [0.1, 0.15) is 0 Å². The summed E-state index contributed by atoms with van der Waals surface area (Å²) >= 11 is 0. The summed E-state index contributed by atoms with van der Waals surface area (Å²) in [5, 5.41) is 16.3. The number of anilines is 1. The van der Waals surface area contributed by atoms with Crippen molar-refractivity contribution in [2.45, 2.75) is 51.5 Å². The van der Waals surface area contributed by atoms with Crippen molar-refractivity contribution in [3.8, 4) is 0 Å². The number of hydrogen-bond acceptors (Lipinski definition) is 3. The molecule has 1 aliphatic carbocycles. The van der Waals surface area contributed by atoms with Crippen molar-refractivity contribution in [1.82, 2.24) is 9.78 Å². The molecular formula is C19H23N3O3. The number of nitrogens with one attached hydrogen (secondary N) is 1. The number of hydrogen-bond donors (Lipinski definition) is 2. The van der Waals surface area contributed by atoms with Gasteiger partial charge in [-0.2, -0.15) is 5.10 Å². The van der Waals surface area contributed by atoms with Gasteiger partial charge in [0, 0.05) is 17.3 Å². The van der Waals surface area contributed by atoms with Gasteiger partial charge in [-0.3, -0.25) is 14.3 Å². The van der Waals surface area contributed by atoms with Crippen LogP contribution in [0.5, 0.6) is 0 Å². The average molecular weight is 341 g/mol. The molecular weight excluding hydrogens is 318 g/mol. The Kier molecular flexibility index (Phi) is 4.37. The van der Waals surface area contributed by atoms with Gasteiger partial charge < -0.3 is 10.4 Å². The highest BCUT2D eigenvalue weighted by molar-refractivity contribution is 6.03. The second kappa shape index (κ2) is 6.35. The predicted molar refractivity (Wildman–Crippen MR) is 94.9 cm³/mol. The second-order valence-corrected chi connectivity index (χ2v) is 7.49. The van der Waals surface area contributed by atoms with Crippen molar-refractivity contribution in [3.63, 3.8) is 0 Å². The maximum atomic E-state index is 12.7. The topological polar surface area (TPSA) is 84.2 Å². The van der Waals surface area contributed by atoms with Crippen LogP contribution in [0.4, 0.5) is 5.69 Å². The Morgan fingerprint density at radius 3 is 2.56 bits per heavy atom. The van der Waals surface area contributed by atoms with Crippen LogP contribution in [0.25, 0.3) is 0 Å². The van der Waals surface area contributed by atoms with E-state index >= 15 is 0 Å². The minimum absolute atomic E-state index is 0.139. The molecule has 0 saturated heterocycles. The van der Waals surface area contributed by atoms with Crippen LogP contribution >= 0.6 is 0 Å². The molecule has 132 valence electrons. The van der Waals surface area contributed by atoms with Gasteiger partial charge in [-0.05, 0) is 51.3 Å². The molecule has 6 heteroatoms. The fourth-order valence-electron chi connectivity index (χ4n) is 2.86. The predicted octanol–water partition coefficient (Wildman–Crippen LogP) is 3.39. The number of carboxylic acids is 1. The summed E-state index contributed by atoms with van der Waals surface area (Å²) in [6.45, 7) is 6.20. The highest BCUT2D eigenvalue weighted by Crippen LogP contribution is 2.41. The van der Waals surface area contributed by atoms with E-state index in [1.54, 1.807) is 24.3 Å². The van der Waals surface area contributed by atoms with Gasteiger partial charge >= 0.3 is 5.97 Å². The van der Waals surface area contributed by atoms with Gasteiger partial charge in [-0.25, -0.2) is 0 Å². The minimum Gasteiger partial charge on any atom is -0.481 e. The Bertz CT molecular complexity index is 814. The van der Waals surface area contributed by atoms with Crippen LogP contribution < -0.4 is 5.32 Å². The van der Waals surface area contributed by atoms with E-state index in [0.29, 0.717) is 22.9 Å². The van der Waals surface area contributed by atoms with Gasteiger partial charge in [0.05, 0.1) is 12.0 Å². The van der Waals surface area contributed by atoms with Crippen molar-refractivity contribution < 1.29 is 14.7 Å². The van der Waals surface area contributed by atoms with Crippen LogP contribution in [0.2, 0.25) is 0 Å². The van der Waals surface area contributed by atoms with Crippen molar-refractivity contribution in [2.75, 3.05) is 5.32 Å². The van der Waals surface area contributed by atoms with Crippen LogP contribution in [0.1, 0.15) is 61.3 Å². The van der Waals surface area contributed by atoms with E-state index in [2.05, 4.69) is 31.2 Å². The third kappa shape index (κ3) is 3.90. The molecule has 6 nitrogen and oxygen atoms in total. The molecule has 1 heterocycles. The van der Waals surface area contributed by atoms with Crippen LogP contribution in [0, 0.1) is 0 Å². The standard InChI is InChI=1S/C19H23N3O3/c1-19(2,3)22-16(12-8-9-12)11-15(21-22)18(25)20-14-7-5-4-6-13(14)10-17(23)24/h4-7,11-12H,8-10H2,1-3H3,(H,20,25)(H,23,24). The fourth-order valence-corrected chi connectivity index (χ4v) is 2.86. The SMILES string of the molecule is CC(C)(C)n1nc(C(=O)Nc2ccccc2CC(=O)O)cc1C1CC1. The smallest absolute Gasteiger partial charge is 0.307 e. The first kappa shape index (κ1) is 17.2. The Balaban J connectivity index is 1.86. The normalized spacial score (nSPS) is 14.4. The van der Waals surface area contributed by atoms with Gasteiger partial charge in [-0.15, -0.1) is 0 Å². The lowest BCUT2D eigenvalue weighted by atomic mass is 10.1. The quantitative estimate of drug-likeness (QED) is 0.873. The fraction of sp³-hybridized carbons (Fsp3) is 0.421. The zero-order valence-corrected chi connectivity index (χ0v) is 14.7. The van der Waals surface area contributed by atoms with Gasteiger partial charge in [0.15, 0.2) is 5.69 Å². The van der Waals surface area contributed by atoms with E-state index in [1.165, 1.54) is 0 Å². The van der Waals surface area contributed by atoms with Crippen molar-refractivity contribution in [3.05, 3.63) is 47.3 Å². The molecule has 0 aliphatic heterocycles. The third-order valence-electron chi connectivity index (χ3n) is 4.21. The molecule has 1 saturated carbocycles. The highest BCUT2D eigenvalue weighted by Gasteiger charge is 2.32. The van der Waals surface area contributed by atoms with Crippen molar-refractivity contribution in [1.29, 1.82) is 0 Å². The number of amides is 1. The first-order valence-electron chi connectivity index (χ1n) is 8.47. The third-order valence-corrected chi connectivity index (χ3v) is 4.21. The number of nitrogens with zero attached hydrogens (tertiary/aromatic N) is 2. The summed E-state index contributed by atoms with van der Waals surface area (Å²) in [5.41, 5.74) is 2.34. The van der Waals surface area contributed by atoms with E-state index < -0.39 is 5.97 Å². The number of benzene rings is 1. The summed E-state index contributed by atoms with van der Waals surface area (Å²) in [6.07, 6.45) is 2.12. The number of aromatic nitrogens is 2. The molecule has 1 aromatic carbocycles. The van der Waals surface area contributed by atoms with E-state index in [9.17, 15) is 9.59 Å². The van der Waals surface area contributed by atoms with Gasteiger partial charge in [-0.1, -0.05) is 18.2 Å². The van der Waals surface area contributed by atoms with E-state index in [1.807, 2.05) is 10.7 Å². The summed E-state index contributed by atoms with van der Waals surface area (Å²) in [4.78, 5) is 23.6. The monoisotopic (exact) mass is 341 g/mol. The van der Waals surface area contributed by atoms with Crippen LogP contribution in [0.15, 0.2) is 30.3 Å². The zero-order chi connectivity index (χ0) is 18.2. The molecule has 25 heavy (non-hydrogen) atoms. The Morgan fingerprint density at radius 2 is 1.96 bits per heavy atom. The molecule has 2 N–H and O–H groups in total. The Hall–Kier alpha value is -2.63. The number of carbonyl (C=O) groups excluding carboxylic acids is 1. The molecule has 1 amide bonds. The molecule has 1 aliphatic rings. The number of aliphatic carboxylic acids is 1. The number of para-hydroxylation sites is 1. The Morgan fingerprint density at radius 1 is 1.28 bits per heavy atom. The highest BCUT2D eigenvalue weighted by atomic mass is 16.4. The minimum atomic E-state index is -0.935. The van der Waals surface area contributed by atoms with Crippen LogP contribution in [-0.2, 0) is 16.8 Å². The number of carbonyl (C=O) groups is 2. The van der Waals surface area contributed by atoms with E-state index in [-0.39, 0.29) is 17.9 Å². The zero-order valence-electron chi connectivity index (χ0n) is 14.7. The van der Waals surface area contributed by atoms with Crippen LogP contribution in [0.3, 0.4) is 0 Å². The first-order valence-corrected chi connectivity index (χ1v) is 8.47. The van der Waals surface area contributed by atoms with Crippen molar-refractivity contribution in [2.24, 2.45) is 0 Å². The Labute approximate surface area is 146 Å². The first-order chi connectivity index (χ1) is 11.8. The molecule has 0 bridgehead atoms. The second-order valence-electron chi connectivity index (χ2n) is 7.49. The van der Waals surface area contributed by atoms with Gasteiger partial charge in [0.2, 0.25) is 0 Å². The summed E-state index contributed by atoms with van der Waals surface area (Å²) in [6, 6.07) is 8.79. The average Bonchev–Trinajstić information content (AvgIpc) is 3.25. The molecule has 0 unspecified atom stereocenters. The number of carboxylic acid groups (broad SMARTS) is 1. The lowest BCUT2D eigenvalue weighted by Gasteiger charge is -2.22. The summed E-state index contributed by atoms with van der Waals surface area (Å²) in [5.74, 6) is -0.773. The molecule has 0 spiro atoms. The number of rotatable bonds is 5. The molecule has 1 fully saturated rings. The molecule has 0 radical (unpaired) electrons. The largest absolute Gasteiger partial charge is 0.481 e. The van der Waals surface area contributed by atoms with Gasteiger partial charge in [0.25, 0.3) is 5.91 Å². The molecule has 1 aromatic heterocycles.